The maximum Gasteiger partial charge on any atom is 0.0698 e. The van der Waals surface area contributed by atoms with Gasteiger partial charge in [0, 0.05) is 13.1 Å². The molecule has 0 aromatic carbocycles. The Hall–Kier alpha value is -0.0800. The lowest BCUT2D eigenvalue weighted by Crippen LogP contribution is -2.48. The maximum atomic E-state index is 9.83. The standard InChI is InChI=1S/C10H19NO/c1-11-6-8-4-2-3-5-9(8)10(12)7-11/h8-10,12H,2-7H2,1H3. The van der Waals surface area contributed by atoms with E-state index in [9.17, 15) is 5.11 Å². The number of hydrogen-bond acceptors (Lipinski definition) is 2. The summed E-state index contributed by atoms with van der Waals surface area (Å²) in [4.78, 5) is 2.27. The Morgan fingerprint density at radius 3 is 2.75 bits per heavy atom. The molecule has 1 heterocycles. The van der Waals surface area contributed by atoms with Crippen LogP contribution in [0.25, 0.3) is 0 Å². The fraction of sp³-hybridized carbons (Fsp3) is 1.00. The van der Waals surface area contributed by atoms with E-state index in [4.69, 9.17) is 0 Å². The molecule has 3 unspecified atom stereocenters. The van der Waals surface area contributed by atoms with Crippen LogP contribution in [0, 0.1) is 11.8 Å². The van der Waals surface area contributed by atoms with E-state index in [-0.39, 0.29) is 6.10 Å². The molecule has 0 radical (unpaired) electrons. The Bertz CT molecular complexity index is 160. The normalized spacial score (nSPS) is 44.0. The second-order valence-corrected chi connectivity index (χ2v) is 4.50. The number of likely N-dealkylation sites (tertiary alicyclic amines) is 1. The Kier molecular flexibility index (Phi) is 2.37. The number of aliphatic hydroxyl groups excluding tert-OH is 1. The molecule has 70 valence electrons. The zero-order valence-corrected chi connectivity index (χ0v) is 7.87. The van der Waals surface area contributed by atoms with E-state index >= 15 is 0 Å². The van der Waals surface area contributed by atoms with Crippen LogP contribution in [-0.4, -0.2) is 36.2 Å². The third-order valence-electron chi connectivity index (χ3n) is 3.51. The number of fused-ring (bicyclic) bond motifs is 1. The van der Waals surface area contributed by atoms with Gasteiger partial charge >= 0.3 is 0 Å². The number of β-amino-alcohol motifs (C(OH)–C–C–N with tert-alkyl or cyclic N) is 1. The van der Waals surface area contributed by atoms with Crippen molar-refractivity contribution < 1.29 is 5.11 Å². The summed E-state index contributed by atoms with van der Waals surface area (Å²) in [5.74, 6) is 1.41. The molecule has 2 heteroatoms. The van der Waals surface area contributed by atoms with Crippen LogP contribution < -0.4 is 0 Å². The highest BCUT2D eigenvalue weighted by Gasteiger charge is 2.35. The van der Waals surface area contributed by atoms with E-state index < -0.39 is 0 Å². The first kappa shape index (κ1) is 8.52. The number of rotatable bonds is 0. The average molecular weight is 169 g/mol. The summed E-state index contributed by atoms with van der Waals surface area (Å²) < 4.78 is 0. The zero-order valence-electron chi connectivity index (χ0n) is 7.87. The van der Waals surface area contributed by atoms with Crippen molar-refractivity contribution in [2.75, 3.05) is 20.1 Å². The number of piperidine rings is 1. The molecule has 0 spiro atoms. The van der Waals surface area contributed by atoms with Crippen LogP contribution in [0.2, 0.25) is 0 Å². The van der Waals surface area contributed by atoms with Gasteiger partial charge in [0.25, 0.3) is 0 Å². The van der Waals surface area contributed by atoms with Crippen LogP contribution in [0.1, 0.15) is 25.7 Å². The summed E-state index contributed by atoms with van der Waals surface area (Å²) in [5.41, 5.74) is 0. The molecular weight excluding hydrogens is 150 g/mol. The molecule has 3 atom stereocenters. The first-order chi connectivity index (χ1) is 5.77. The molecule has 0 aromatic heterocycles. The summed E-state index contributed by atoms with van der Waals surface area (Å²) >= 11 is 0. The number of aliphatic hydroxyl groups is 1. The van der Waals surface area contributed by atoms with Gasteiger partial charge in [-0.05, 0) is 31.7 Å². The first-order valence-electron chi connectivity index (χ1n) is 5.14. The molecular formula is C10H19NO. The molecule has 12 heavy (non-hydrogen) atoms. The summed E-state index contributed by atoms with van der Waals surface area (Å²) in [5, 5.41) is 9.83. The molecule has 2 aliphatic rings. The second-order valence-electron chi connectivity index (χ2n) is 4.50. The van der Waals surface area contributed by atoms with Crippen LogP contribution in [-0.2, 0) is 0 Å². The van der Waals surface area contributed by atoms with E-state index in [0.29, 0.717) is 5.92 Å². The Morgan fingerprint density at radius 1 is 1.17 bits per heavy atom. The minimum absolute atomic E-state index is 0.0472. The highest BCUT2D eigenvalue weighted by atomic mass is 16.3. The van der Waals surface area contributed by atoms with Crippen molar-refractivity contribution in [3.63, 3.8) is 0 Å². The topological polar surface area (TPSA) is 23.5 Å². The van der Waals surface area contributed by atoms with Gasteiger partial charge in [-0.3, -0.25) is 0 Å². The lowest BCUT2D eigenvalue weighted by atomic mass is 9.74. The van der Waals surface area contributed by atoms with E-state index in [0.717, 1.165) is 12.5 Å². The Labute approximate surface area is 74.6 Å². The minimum Gasteiger partial charge on any atom is -0.391 e. The van der Waals surface area contributed by atoms with Crippen molar-refractivity contribution in [2.24, 2.45) is 11.8 Å². The summed E-state index contributed by atoms with van der Waals surface area (Å²) in [6.07, 6.45) is 5.27. The first-order valence-corrected chi connectivity index (χ1v) is 5.14. The van der Waals surface area contributed by atoms with Crippen LogP contribution in [0.15, 0.2) is 0 Å². The smallest absolute Gasteiger partial charge is 0.0698 e. The van der Waals surface area contributed by atoms with Gasteiger partial charge in [0.1, 0.15) is 0 Å². The molecule has 0 bridgehead atoms. The minimum atomic E-state index is -0.0472. The Balaban J connectivity index is 2.01. The lowest BCUT2D eigenvalue weighted by Gasteiger charge is -2.42. The van der Waals surface area contributed by atoms with Crippen LogP contribution in [0.4, 0.5) is 0 Å². The van der Waals surface area contributed by atoms with Gasteiger partial charge in [-0.25, -0.2) is 0 Å². The molecule has 0 aromatic rings. The number of nitrogens with zero attached hydrogens (tertiary/aromatic N) is 1. The molecule has 2 fully saturated rings. The van der Waals surface area contributed by atoms with E-state index in [2.05, 4.69) is 11.9 Å². The molecule has 1 saturated heterocycles. The van der Waals surface area contributed by atoms with Gasteiger partial charge in [-0.15, -0.1) is 0 Å². The Morgan fingerprint density at radius 2 is 1.92 bits per heavy atom. The van der Waals surface area contributed by atoms with Crippen molar-refractivity contribution in [3.05, 3.63) is 0 Å². The number of likely N-dealkylation sites (N-methyl/N-ethyl adjacent to an activating group) is 1. The van der Waals surface area contributed by atoms with Gasteiger partial charge in [0.2, 0.25) is 0 Å². The second kappa shape index (κ2) is 3.35. The molecule has 1 N–H and O–H groups in total. The van der Waals surface area contributed by atoms with Crippen molar-refractivity contribution in [1.29, 1.82) is 0 Å². The maximum absolute atomic E-state index is 9.83. The van der Waals surface area contributed by atoms with E-state index in [1.807, 2.05) is 0 Å². The molecule has 2 rings (SSSR count). The number of hydrogen-bond donors (Lipinski definition) is 1. The average Bonchev–Trinajstić information content (AvgIpc) is 2.04. The van der Waals surface area contributed by atoms with Crippen LogP contribution in [0.5, 0.6) is 0 Å². The SMILES string of the molecule is CN1CC(O)C2CCCCC2C1. The van der Waals surface area contributed by atoms with Gasteiger partial charge in [0.15, 0.2) is 0 Å². The van der Waals surface area contributed by atoms with Gasteiger partial charge in [-0.2, -0.15) is 0 Å². The fourth-order valence-corrected chi connectivity index (χ4v) is 2.90. The van der Waals surface area contributed by atoms with Crippen molar-refractivity contribution in [3.8, 4) is 0 Å². The highest BCUT2D eigenvalue weighted by Crippen LogP contribution is 2.35. The molecule has 1 saturated carbocycles. The summed E-state index contributed by atoms with van der Waals surface area (Å²) in [7, 11) is 2.12. The molecule has 2 nitrogen and oxygen atoms in total. The highest BCUT2D eigenvalue weighted by molar-refractivity contribution is 4.87. The van der Waals surface area contributed by atoms with Gasteiger partial charge in [0.05, 0.1) is 6.10 Å². The van der Waals surface area contributed by atoms with E-state index in [1.165, 1.54) is 32.2 Å². The monoisotopic (exact) mass is 169 g/mol. The third-order valence-corrected chi connectivity index (χ3v) is 3.51. The van der Waals surface area contributed by atoms with Crippen molar-refractivity contribution in [1.82, 2.24) is 4.90 Å². The van der Waals surface area contributed by atoms with Crippen LogP contribution >= 0.6 is 0 Å². The third kappa shape index (κ3) is 1.50. The predicted molar refractivity (Wildman–Crippen MR) is 49.0 cm³/mol. The summed E-state index contributed by atoms with van der Waals surface area (Å²) in [6, 6.07) is 0. The summed E-state index contributed by atoms with van der Waals surface area (Å²) in [6.45, 7) is 2.10. The van der Waals surface area contributed by atoms with Crippen molar-refractivity contribution >= 4 is 0 Å². The van der Waals surface area contributed by atoms with Crippen molar-refractivity contribution in [2.45, 2.75) is 31.8 Å². The van der Waals surface area contributed by atoms with Gasteiger partial charge in [-0.1, -0.05) is 12.8 Å². The zero-order chi connectivity index (χ0) is 8.55. The van der Waals surface area contributed by atoms with Crippen LogP contribution in [0.3, 0.4) is 0 Å². The molecule has 1 aliphatic carbocycles. The molecule has 1 aliphatic heterocycles. The van der Waals surface area contributed by atoms with Gasteiger partial charge < -0.3 is 10.0 Å². The lowest BCUT2D eigenvalue weighted by molar-refractivity contribution is -0.0237. The fourth-order valence-electron chi connectivity index (χ4n) is 2.90. The molecule has 0 amide bonds. The quantitative estimate of drug-likeness (QED) is 0.587. The van der Waals surface area contributed by atoms with E-state index in [1.54, 1.807) is 0 Å². The predicted octanol–water partition coefficient (Wildman–Crippen LogP) is 1.10. The largest absolute Gasteiger partial charge is 0.391 e.